The largest absolute Gasteiger partial charge is 0.463 e. The maximum absolute atomic E-state index is 11.6. The van der Waals surface area contributed by atoms with Gasteiger partial charge in [-0.1, -0.05) is 12.1 Å². The molecule has 0 aliphatic carbocycles. The lowest BCUT2D eigenvalue weighted by molar-refractivity contribution is 0.0997. The van der Waals surface area contributed by atoms with Crippen LogP contribution in [0.5, 0.6) is 0 Å². The summed E-state index contributed by atoms with van der Waals surface area (Å²) >= 11 is 0. The number of primary amides is 1. The zero-order valence-electron chi connectivity index (χ0n) is 7.19. The van der Waals surface area contributed by atoms with Crippen molar-refractivity contribution in [1.82, 2.24) is 0 Å². The molecule has 0 unspecified atom stereocenters. The van der Waals surface area contributed by atoms with Gasteiger partial charge in [0.05, 0.1) is 5.39 Å². The molecule has 14 heavy (non-hydrogen) atoms. The molecule has 0 atom stereocenters. The molecular formula is C10H7NO3. The van der Waals surface area contributed by atoms with Gasteiger partial charge in [0.1, 0.15) is 17.4 Å². The van der Waals surface area contributed by atoms with Crippen LogP contribution >= 0.6 is 0 Å². The van der Waals surface area contributed by atoms with Crippen molar-refractivity contribution in [3.8, 4) is 0 Å². The Morgan fingerprint density at radius 1 is 1.29 bits per heavy atom. The molecule has 0 aliphatic rings. The molecule has 0 saturated carbocycles. The van der Waals surface area contributed by atoms with Crippen LogP contribution in [0.15, 0.2) is 39.7 Å². The van der Waals surface area contributed by atoms with E-state index in [4.69, 9.17) is 10.2 Å². The normalized spacial score (nSPS) is 10.3. The summed E-state index contributed by atoms with van der Waals surface area (Å²) in [6, 6.07) is 6.69. The number of fused-ring (bicyclic) bond motifs is 1. The molecule has 1 aromatic carbocycles. The lowest BCUT2D eigenvalue weighted by Gasteiger charge is -1.97. The Kier molecular flexibility index (Phi) is 1.81. The molecule has 1 amide bonds. The highest BCUT2D eigenvalue weighted by Gasteiger charge is 2.10. The van der Waals surface area contributed by atoms with Crippen LogP contribution in [0.2, 0.25) is 0 Å². The summed E-state index contributed by atoms with van der Waals surface area (Å²) in [6.45, 7) is 0. The van der Waals surface area contributed by atoms with Crippen LogP contribution in [0.4, 0.5) is 0 Å². The number of hydrogen-bond donors (Lipinski definition) is 1. The van der Waals surface area contributed by atoms with Gasteiger partial charge in [0.25, 0.3) is 5.91 Å². The first-order valence-corrected chi connectivity index (χ1v) is 4.00. The van der Waals surface area contributed by atoms with Gasteiger partial charge >= 0.3 is 0 Å². The van der Waals surface area contributed by atoms with E-state index in [1.54, 1.807) is 24.3 Å². The van der Waals surface area contributed by atoms with Crippen molar-refractivity contribution in [1.29, 1.82) is 0 Å². The van der Waals surface area contributed by atoms with Gasteiger partial charge in [-0.2, -0.15) is 0 Å². The second kappa shape index (κ2) is 2.99. The van der Waals surface area contributed by atoms with Crippen molar-refractivity contribution < 1.29 is 9.21 Å². The molecular weight excluding hydrogens is 182 g/mol. The van der Waals surface area contributed by atoms with Gasteiger partial charge in [-0.15, -0.1) is 0 Å². The lowest BCUT2D eigenvalue weighted by atomic mass is 10.2. The maximum atomic E-state index is 11.6. The molecule has 4 heteroatoms. The van der Waals surface area contributed by atoms with E-state index in [-0.39, 0.29) is 11.0 Å². The van der Waals surface area contributed by atoms with E-state index in [0.29, 0.717) is 11.0 Å². The van der Waals surface area contributed by atoms with E-state index >= 15 is 0 Å². The third-order valence-corrected chi connectivity index (χ3v) is 1.95. The fraction of sp³-hybridized carbons (Fsp3) is 0. The highest BCUT2D eigenvalue weighted by molar-refractivity contribution is 5.95. The molecule has 0 aliphatic heterocycles. The summed E-state index contributed by atoms with van der Waals surface area (Å²) in [5, 5.41) is 0.365. The molecule has 0 spiro atoms. The quantitative estimate of drug-likeness (QED) is 0.724. The Morgan fingerprint density at radius 2 is 2.00 bits per heavy atom. The van der Waals surface area contributed by atoms with Gasteiger partial charge in [0.2, 0.25) is 5.43 Å². The van der Waals surface area contributed by atoms with Crippen LogP contribution in [0.1, 0.15) is 10.4 Å². The smallest absolute Gasteiger partial charge is 0.255 e. The van der Waals surface area contributed by atoms with Gasteiger partial charge in [0.15, 0.2) is 0 Å². The van der Waals surface area contributed by atoms with Crippen molar-refractivity contribution in [2.24, 2.45) is 5.73 Å². The molecule has 0 bridgehead atoms. The Bertz CT molecular complexity index is 557. The highest BCUT2D eigenvalue weighted by atomic mass is 16.3. The molecule has 1 aromatic heterocycles. The third-order valence-electron chi connectivity index (χ3n) is 1.95. The first-order chi connectivity index (χ1) is 6.70. The van der Waals surface area contributed by atoms with E-state index in [2.05, 4.69) is 0 Å². The van der Waals surface area contributed by atoms with E-state index in [0.717, 1.165) is 6.26 Å². The zero-order chi connectivity index (χ0) is 10.1. The number of hydrogen-bond acceptors (Lipinski definition) is 3. The fourth-order valence-electron chi connectivity index (χ4n) is 1.25. The number of nitrogens with two attached hydrogens (primary N) is 1. The van der Waals surface area contributed by atoms with Gasteiger partial charge < -0.3 is 10.2 Å². The minimum absolute atomic E-state index is 0.122. The Hall–Kier alpha value is -2.10. The van der Waals surface area contributed by atoms with Crippen LogP contribution in [-0.2, 0) is 0 Å². The number of benzene rings is 1. The topological polar surface area (TPSA) is 73.3 Å². The van der Waals surface area contributed by atoms with Crippen molar-refractivity contribution in [2.75, 3.05) is 0 Å². The molecule has 1 heterocycles. The van der Waals surface area contributed by atoms with Gasteiger partial charge in [0, 0.05) is 0 Å². The molecule has 2 aromatic rings. The van der Waals surface area contributed by atoms with Crippen LogP contribution in [0.3, 0.4) is 0 Å². The minimum atomic E-state index is -0.774. The fourth-order valence-corrected chi connectivity index (χ4v) is 1.25. The zero-order valence-corrected chi connectivity index (χ0v) is 7.19. The Balaban J connectivity index is 2.89. The van der Waals surface area contributed by atoms with Crippen molar-refractivity contribution in [3.05, 3.63) is 46.3 Å². The summed E-state index contributed by atoms with van der Waals surface area (Å²) in [5.74, 6) is -0.774. The molecule has 0 saturated heterocycles. The lowest BCUT2D eigenvalue weighted by Crippen LogP contribution is -2.21. The summed E-state index contributed by atoms with van der Waals surface area (Å²) in [4.78, 5) is 22.4. The van der Waals surface area contributed by atoms with Gasteiger partial charge in [-0.3, -0.25) is 9.59 Å². The molecule has 0 radical (unpaired) electrons. The van der Waals surface area contributed by atoms with Crippen LogP contribution in [0, 0.1) is 0 Å². The van der Waals surface area contributed by atoms with E-state index < -0.39 is 5.91 Å². The predicted octanol–water partition coefficient (Wildman–Crippen LogP) is 0.892. The minimum Gasteiger partial charge on any atom is -0.463 e. The summed E-state index contributed by atoms with van der Waals surface area (Å²) in [5.41, 5.74) is 4.94. The predicted molar refractivity (Wildman–Crippen MR) is 51.0 cm³/mol. The SMILES string of the molecule is NC(=O)c1coc2ccccc2c1=O. The summed E-state index contributed by atoms with van der Waals surface area (Å²) in [6.07, 6.45) is 1.09. The summed E-state index contributed by atoms with van der Waals surface area (Å²) in [7, 11) is 0. The molecule has 2 rings (SSSR count). The number of rotatable bonds is 1. The van der Waals surface area contributed by atoms with Crippen molar-refractivity contribution in [2.45, 2.75) is 0 Å². The standard InChI is InChI=1S/C10H7NO3/c11-10(13)7-5-14-8-4-2-1-3-6(8)9(7)12/h1-5H,(H2,11,13). The monoisotopic (exact) mass is 189 g/mol. The number of amides is 1. The molecule has 70 valence electrons. The highest BCUT2D eigenvalue weighted by Crippen LogP contribution is 2.09. The van der Waals surface area contributed by atoms with Crippen molar-refractivity contribution in [3.63, 3.8) is 0 Å². The van der Waals surface area contributed by atoms with E-state index in [1.165, 1.54) is 0 Å². The first-order valence-electron chi connectivity index (χ1n) is 4.00. The molecule has 4 nitrogen and oxygen atoms in total. The Morgan fingerprint density at radius 3 is 2.71 bits per heavy atom. The average molecular weight is 189 g/mol. The Labute approximate surface area is 78.9 Å². The van der Waals surface area contributed by atoms with Crippen LogP contribution in [0.25, 0.3) is 11.0 Å². The number of carbonyl (C=O) groups is 1. The van der Waals surface area contributed by atoms with Crippen LogP contribution < -0.4 is 11.2 Å². The first kappa shape index (κ1) is 8.50. The second-order valence-electron chi connectivity index (χ2n) is 2.84. The van der Waals surface area contributed by atoms with Gasteiger partial charge in [-0.25, -0.2) is 0 Å². The van der Waals surface area contributed by atoms with Crippen molar-refractivity contribution >= 4 is 16.9 Å². The molecule has 0 fully saturated rings. The van der Waals surface area contributed by atoms with E-state index in [9.17, 15) is 9.59 Å². The number of para-hydroxylation sites is 1. The van der Waals surface area contributed by atoms with Crippen LogP contribution in [-0.4, -0.2) is 5.91 Å². The second-order valence-corrected chi connectivity index (χ2v) is 2.84. The summed E-state index contributed by atoms with van der Waals surface area (Å²) < 4.78 is 5.08. The molecule has 2 N–H and O–H groups in total. The third kappa shape index (κ3) is 1.17. The number of carbonyl (C=O) groups excluding carboxylic acids is 1. The average Bonchev–Trinajstić information content (AvgIpc) is 2.18. The maximum Gasteiger partial charge on any atom is 0.255 e. The van der Waals surface area contributed by atoms with E-state index in [1.807, 2.05) is 0 Å². The van der Waals surface area contributed by atoms with Gasteiger partial charge in [-0.05, 0) is 12.1 Å².